The van der Waals surface area contributed by atoms with Gasteiger partial charge in [0.1, 0.15) is 11.6 Å². The number of hydrogen-bond donors (Lipinski definition) is 2. The second-order valence-corrected chi connectivity index (χ2v) is 3.97. The van der Waals surface area contributed by atoms with E-state index in [-0.39, 0.29) is 18.3 Å². The van der Waals surface area contributed by atoms with Crippen molar-refractivity contribution in [3.05, 3.63) is 0 Å². The van der Waals surface area contributed by atoms with E-state index in [9.17, 15) is 14.4 Å². The lowest BCUT2D eigenvalue weighted by Gasteiger charge is -2.20. The van der Waals surface area contributed by atoms with Gasteiger partial charge >= 0.3 is 11.9 Å². The fraction of sp³-hybridized carbons (Fsp3) is 0.667. The summed E-state index contributed by atoms with van der Waals surface area (Å²) in [6.45, 7) is 5.02. The molecule has 0 bridgehead atoms. The minimum Gasteiger partial charge on any atom is -0.480 e. The van der Waals surface area contributed by atoms with Crippen LogP contribution in [0.3, 0.4) is 0 Å². The number of hydrogen-bond acceptors (Lipinski definition) is 4. The summed E-state index contributed by atoms with van der Waals surface area (Å²) in [5.74, 6) is -1.93. The maximum atomic E-state index is 11.2. The van der Waals surface area contributed by atoms with E-state index in [0.29, 0.717) is 0 Å². The molecule has 0 fully saturated rings. The monoisotopic (exact) mass is 235 g/mol. The third kappa shape index (κ3) is 7.74. The smallest absolute Gasteiger partial charge is 0.326 e. The van der Waals surface area contributed by atoms with Gasteiger partial charge < -0.3 is 20.6 Å². The topological polar surface area (TPSA) is 124 Å². The Bertz CT molecular complexity index is 257. The molecule has 0 heterocycles. The molecule has 0 aromatic heterocycles. The third-order valence-electron chi connectivity index (χ3n) is 1.36. The lowest BCUT2D eigenvalue weighted by molar-refractivity contribution is -0.158. The number of carbonyl (C=O) groups excluding carboxylic acids is 2. The number of esters is 1. The number of rotatable bonds is 5. The molecule has 1 amide bonds. The van der Waals surface area contributed by atoms with E-state index in [1.54, 1.807) is 20.8 Å². The predicted octanol–water partition coefficient (Wildman–Crippen LogP) is -0.907. The highest BCUT2D eigenvalue weighted by molar-refractivity contribution is 5.83. The number of ether oxygens (including phenoxy) is 1. The molecule has 16 heavy (non-hydrogen) atoms. The van der Waals surface area contributed by atoms with Gasteiger partial charge in [0.2, 0.25) is 6.41 Å². The van der Waals surface area contributed by atoms with Gasteiger partial charge in [0, 0.05) is 0 Å². The molecule has 4 N–H and O–H groups in total. The van der Waals surface area contributed by atoms with Gasteiger partial charge in [0.05, 0.1) is 6.42 Å². The van der Waals surface area contributed by atoms with Crippen LogP contribution in [0, 0.1) is 0 Å². The molecule has 1 atom stereocenters. The molecule has 7 nitrogen and oxygen atoms in total. The van der Waals surface area contributed by atoms with Crippen LogP contribution < -0.4 is 5.32 Å². The molecule has 0 spiro atoms. The Balaban J connectivity index is 0. The zero-order valence-electron chi connectivity index (χ0n) is 9.44. The van der Waals surface area contributed by atoms with Gasteiger partial charge in [-0.25, -0.2) is 4.79 Å². The van der Waals surface area contributed by atoms with Crippen molar-refractivity contribution in [3.8, 4) is 0 Å². The van der Waals surface area contributed by atoms with E-state index in [4.69, 9.17) is 9.84 Å². The van der Waals surface area contributed by atoms with Crippen molar-refractivity contribution in [2.75, 3.05) is 0 Å². The minimum absolute atomic E-state index is 0. The standard InChI is InChI=1S/C9H15NO5.H2O/c1-9(2,3)15-7(12)4-6(8(13)14)10-5-11;/h5-6H,4H2,1-3H3,(H,10,11)(H,13,14);1H2/t6-;/m1./s1. The first kappa shape index (κ1) is 16.8. The predicted molar refractivity (Wildman–Crippen MR) is 54.7 cm³/mol. The van der Waals surface area contributed by atoms with Crippen molar-refractivity contribution >= 4 is 18.3 Å². The van der Waals surface area contributed by atoms with Crippen LogP contribution in [0.1, 0.15) is 27.2 Å². The zero-order chi connectivity index (χ0) is 12.1. The molecule has 94 valence electrons. The van der Waals surface area contributed by atoms with Crippen LogP contribution in [-0.2, 0) is 19.1 Å². The van der Waals surface area contributed by atoms with Gasteiger partial charge in [-0.15, -0.1) is 0 Å². The molecule has 0 aliphatic carbocycles. The molecule has 0 radical (unpaired) electrons. The van der Waals surface area contributed by atoms with E-state index in [0.717, 1.165) is 0 Å². The fourth-order valence-electron chi connectivity index (χ4n) is 0.849. The van der Waals surface area contributed by atoms with Crippen LogP contribution >= 0.6 is 0 Å². The molecule has 0 unspecified atom stereocenters. The molecule has 0 aromatic carbocycles. The minimum atomic E-state index is -1.27. The van der Waals surface area contributed by atoms with E-state index in [1.807, 2.05) is 5.32 Å². The number of amides is 1. The first-order valence-electron chi connectivity index (χ1n) is 4.40. The van der Waals surface area contributed by atoms with Crippen LogP contribution in [0.5, 0.6) is 0 Å². The molecular formula is C9H17NO6. The van der Waals surface area contributed by atoms with Gasteiger partial charge in [-0.05, 0) is 20.8 Å². The van der Waals surface area contributed by atoms with Gasteiger partial charge in [0.15, 0.2) is 0 Å². The van der Waals surface area contributed by atoms with Gasteiger partial charge in [-0.3, -0.25) is 9.59 Å². The number of carboxylic acids is 1. The summed E-state index contributed by atoms with van der Waals surface area (Å²) in [5.41, 5.74) is -0.665. The van der Waals surface area contributed by atoms with Crippen LogP contribution in [0.2, 0.25) is 0 Å². The van der Waals surface area contributed by atoms with Crippen LogP contribution in [-0.4, -0.2) is 40.6 Å². The molecule has 7 heteroatoms. The fourth-order valence-corrected chi connectivity index (χ4v) is 0.849. The molecule has 0 aliphatic heterocycles. The summed E-state index contributed by atoms with van der Waals surface area (Å²) in [6.07, 6.45) is -0.144. The first-order chi connectivity index (χ1) is 6.76. The average Bonchev–Trinajstić information content (AvgIpc) is 1.99. The maximum Gasteiger partial charge on any atom is 0.326 e. The lowest BCUT2D eigenvalue weighted by Crippen LogP contribution is -2.39. The van der Waals surface area contributed by atoms with E-state index in [1.165, 1.54) is 0 Å². The normalized spacial score (nSPS) is 11.9. The number of carboxylic acid groups (broad SMARTS) is 1. The molecule has 0 aromatic rings. The number of carbonyl (C=O) groups is 3. The summed E-state index contributed by atoms with van der Waals surface area (Å²) >= 11 is 0. The van der Waals surface area contributed by atoms with E-state index < -0.39 is 23.6 Å². The van der Waals surface area contributed by atoms with E-state index in [2.05, 4.69) is 0 Å². The maximum absolute atomic E-state index is 11.2. The molecule has 0 rings (SSSR count). The Morgan fingerprint density at radius 2 is 1.94 bits per heavy atom. The first-order valence-corrected chi connectivity index (χ1v) is 4.40. The quantitative estimate of drug-likeness (QED) is 0.471. The van der Waals surface area contributed by atoms with Crippen molar-refractivity contribution < 1.29 is 29.7 Å². The zero-order valence-corrected chi connectivity index (χ0v) is 9.44. The number of nitrogens with one attached hydrogen (secondary N) is 1. The Morgan fingerprint density at radius 3 is 2.25 bits per heavy atom. The van der Waals surface area contributed by atoms with Crippen LogP contribution in [0.4, 0.5) is 0 Å². The largest absolute Gasteiger partial charge is 0.480 e. The van der Waals surface area contributed by atoms with Gasteiger partial charge in [0.25, 0.3) is 0 Å². The van der Waals surface area contributed by atoms with E-state index >= 15 is 0 Å². The molecule has 0 aliphatic rings. The summed E-state index contributed by atoms with van der Waals surface area (Å²) in [7, 11) is 0. The molecule has 0 saturated carbocycles. The van der Waals surface area contributed by atoms with Crippen molar-refractivity contribution in [1.29, 1.82) is 0 Å². The summed E-state index contributed by atoms with van der Waals surface area (Å²) in [4.78, 5) is 31.8. The van der Waals surface area contributed by atoms with Gasteiger partial charge in [-0.1, -0.05) is 0 Å². The van der Waals surface area contributed by atoms with Crippen molar-refractivity contribution in [2.24, 2.45) is 0 Å². The Labute approximate surface area is 93.1 Å². The Kier molecular flexibility index (Phi) is 7.11. The Hall–Kier alpha value is -1.63. The van der Waals surface area contributed by atoms with Crippen molar-refractivity contribution in [1.82, 2.24) is 5.32 Å². The van der Waals surface area contributed by atoms with Gasteiger partial charge in [-0.2, -0.15) is 0 Å². The summed E-state index contributed by atoms with van der Waals surface area (Å²) < 4.78 is 4.91. The summed E-state index contributed by atoms with van der Waals surface area (Å²) in [5, 5.41) is 10.6. The Morgan fingerprint density at radius 1 is 1.44 bits per heavy atom. The van der Waals surface area contributed by atoms with Crippen molar-refractivity contribution in [3.63, 3.8) is 0 Å². The second-order valence-electron chi connectivity index (χ2n) is 3.97. The second kappa shape index (κ2) is 6.78. The highest BCUT2D eigenvalue weighted by Gasteiger charge is 2.24. The summed E-state index contributed by atoms with van der Waals surface area (Å²) in [6, 6.07) is -1.24. The molecular weight excluding hydrogens is 218 g/mol. The highest BCUT2D eigenvalue weighted by atomic mass is 16.6. The van der Waals surface area contributed by atoms with Crippen molar-refractivity contribution in [2.45, 2.75) is 38.8 Å². The average molecular weight is 235 g/mol. The SMILES string of the molecule is CC(C)(C)OC(=O)C[C@@H](NC=O)C(=O)O.O. The third-order valence-corrected chi connectivity index (χ3v) is 1.36. The lowest BCUT2D eigenvalue weighted by atomic mass is 10.1. The number of aliphatic carboxylic acids is 1. The highest BCUT2D eigenvalue weighted by Crippen LogP contribution is 2.09. The molecule has 0 saturated heterocycles. The van der Waals surface area contributed by atoms with Crippen LogP contribution in [0.15, 0.2) is 0 Å². The van der Waals surface area contributed by atoms with Crippen LogP contribution in [0.25, 0.3) is 0 Å².